The van der Waals surface area contributed by atoms with Crippen LogP contribution in [0.2, 0.25) is 0 Å². The molecule has 0 spiro atoms. The molecule has 0 radical (unpaired) electrons. The number of carbonyl (C=O) groups excluding carboxylic acids is 3. The fourth-order valence-corrected chi connectivity index (χ4v) is 2.66. The van der Waals surface area contributed by atoms with E-state index in [0.29, 0.717) is 17.1 Å². The van der Waals surface area contributed by atoms with Crippen LogP contribution in [0.15, 0.2) is 34.9 Å². The maximum Gasteiger partial charge on any atom is 0.316 e. The van der Waals surface area contributed by atoms with E-state index in [4.69, 9.17) is 9.26 Å². The zero-order chi connectivity index (χ0) is 19.1. The molecule has 0 fully saturated rings. The van der Waals surface area contributed by atoms with E-state index in [9.17, 15) is 14.4 Å². The molecule has 0 aliphatic rings. The van der Waals surface area contributed by atoms with Crippen molar-refractivity contribution in [2.24, 2.45) is 0 Å². The van der Waals surface area contributed by atoms with E-state index < -0.39 is 12.1 Å². The van der Waals surface area contributed by atoms with Crippen molar-refractivity contribution < 1.29 is 23.6 Å². The Morgan fingerprint density at radius 1 is 1.19 bits per heavy atom. The number of benzene rings is 1. The predicted octanol–water partition coefficient (Wildman–Crippen LogP) is 2.78. The molecule has 0 aliphatic carbocycles. The molecule has 0 unspecified atom stereocenters. The number of aryl methyl sites for hydroxylation is 2. The quantitative estimate of drug-likeness (QED) is 0.559. The minimum absolute atomic E-state index is 0.0310. The van der Waals surface area contributed by atoms with Crippen LogP contribution in [0.1, 0.15) is 28.6 Å². The summed E-state index contributed by atoms with van der Waals surface area (Å²) >= 11 is 1.09. The number of anilines is 1. The van der Waals surface area contributed by atoms with Crippen molar-refractivity contribution in [2.45, 2.75) is 26.9 Å². The van der Waals surface area contributed by atoms with Gasteiger partial charge in [0.25, 0.3) is 0 Å². The minimum Gasteiger partial charge on any atom is -0.454 e. The number of thioether (sulfide) groups is 1. The minimum atomic E-state index is -0.877. The molecule has 8 heteroatoms. The monoisotopic (exact) mass is 376 g/mol. The Balaban J connectivity index is 1.71. The molecule has 0 aliphatic heterocycles. The van der Waals surface area contributed by atoms with Gasteiger partial charge in [-0.15, -0.1) is 11.8 Å². The third-order valence-electron chi connectivity index (χ3n) is 3.36. The molecular weight excluding hydrogens is 356 g/mol. The summed E-state index contributed by atoms with van der Waals surface area (Å²) in [6.07, 6.45) is -0.877. The summed E-state index contributed by atoms with van der Waals surface area (Å²) in [5.41, 5.74) is 1.53. The molecule has 1 aromatic carbocycles. The normalized spacial score (nSPS) is 11.7. The number of ether oxygens (including phenoxy) is 1. The van der Waals surface area contributed by atoms with Gasteiger partial charge in [-0.1, -0.05) is 35.0 Å². The van der Waals surface area contributed by atoms with Crippen LogP contribution >= 0.6 is 11.8 Å². The summed E-state index contributed by atoms with van der Waals surface area (Å²) in [5.74, 6) is -0.176. The highest BCUT2D eigenvalue weighted by atomic mass is 32.2. The van der Waals surface area contributed by atoms with Crippen LogP contribution < -0.4 is 5.32 Å². The van der Waals surface area contributed by atoms with Crippen molar-refractivity contribution in [3.05, 3.63) is 47.2 Å². The van der Waals surface area contributed by atoms with Crippen molar-refractivity contribution in [1.82, 2.24) is 5.16 Å². The van der Waals surface area contributed by atoms with Gasteiger partial charge in [0.2, 0.25) is 11.7 Å². The van der Waals surface area contributed by atoms with Gasteiger partial charge in [-0.05, 0) is 20.8 Å². The molecule has 138 valence electrons. The number of nitrogens with zero attached hydrogens (tertiary/aromatic N) is 1. The summed E-state index contributed by atoms with van der Waals surface area (Å²) in [7, 11) is 0. The van der Waals surface area contributed by atoms with Gasteiger partial charge in [-0.2, -0.15) is 0 Å². The number of rotatable bonds is 8. The summed E-state index contributed by atoms with van der Waals surface area (Å²) in [4.78, 5) is 35.8. The van der Waals surface area contributed by atoms with Crippen LogP contribution in [0.4, 0.5) is 5.82 Å². The van der Waals surface area contributed by atoms with Crippen LogP contribution in [0, 0.1) is 13.8 Å². The topological polar surface area (TPSA) is 98.5 Å². The highest BCUT2D eigenvalue weighted by Crippen LogP contribution is 2.11. The zero-order valence-electron chi connectivity index (χ0n) is 14.8. The largest absolute Gasteiger partial charge is 0.454 e. The maximum atomic E-state index is 12.2. The number of nitrogens with one attached hydrogen (secondary N) is 1. The van der Waals surface area contributed by atoms with Gasteiger partial charge in [-0.3, -0.25) is 14.4 Å². The molecule has 1 N–H and O–H groups in total. The van der Waals surface area contributed by atoms with Gasteiger partial charge in [0.05, 0.1) is 11.5 Å². The third-order valence-corrected chi connectivity index (χ3v) is 4.27. The van der Waals surface area contributed by atoms with Crippen LogP contribution in [-0.2, 0) is 14.3 Å². The lowest BCUT2D eigenvalue weighted by Crippen LogP contribution is -2.25. The number of hydrogen-bond donors (Lipinski definition) is 1. The lowest BCUT2D eigenvalue weighted by molar-refractivity contribution is -0.143. The van der Waals surface area contributed by atoms with Crippen LogP contribution in [0.5, 0.6) is 0 Å². The highest BCUT2D eigenvalue weighted by molar-refractivity contribution is 8.00. The fraction of sp³-hybridized carbons (Fsp3) is 0.333. The Bertz CT molecular complexity index is 785. The first-order chi connectivity index (χ1) is 12.3. The van der Waals surface area contributed by atoms with E-state index in [1.54, 1.807) is 25.1 Å². The van der Waals surface area contributed by atoms with Crippen LogP contribution in [0.25, 0.3) is 0 Å². The first-order valence-corrected chi connectivity index (χ1v) is 9.12. The van der Waals surface area contributed by atoms with Gasteiger partial charge in [0, 0.05) is 11.6 Å². The van der Waals surface area contributed by atoms with E-state index in [2.05, 4.69) is 10.5 Å². The second kappa shape index (κ2) is 9.19. The Morgan fingerprint density at radius 2 is 1.88 bits per heavy atom. The summed E-state index contributed by atoms with van der Waals surface area (Å²) in [6.45, 7) is 5.17. The average Bonchev–Trinajstić information content (AvgIpc) is 2.99. The molecule has 0 saturated carbocycles. The van der Waals surface area contributed by atoms with Crippen molar-refractivity contribution in [3.8, 4) is 0 Å². The van der Waals surface area contributed by atoms with Crippen LogP contribution in [0.3, 0.4) is 0 Å². The molecule has 1 aromatic heterocycles. The van der Waals surface area contributed by atoms with Gasteiger partial charge in [-0.25, -0.2) is 0 Å². The Kier molecular flexibility index (Phi) is 6.97. The number of ketones is 1. The molecule has 0 bridgehead atoms. The van der Waals surface area contributed by atoms with Gasteiger partial charge >= 0.3 is 5.97 Å². The van der Waals surface area contributed by atoms with Crippen molar-refractivity contribution >= 4 is 35.2 Å². The molecule has 2 aromatic rings. The number of aromatic nitrogens is 1. The second-order valence-electron chi connectivity index (χ2n) is 5.73. The third kappa shape index (κ3) is 6.03. The number of esters is 1. The van der Waals surface area contributed by atoms with Gasteiger partial charge in [0.1, 0.15) is 5.76 Å². The fourth-order valence-electron chi connectivity index (χ4n) is 2.07. The molecule has 0 saturated heterocycles. The van der Waals surface area contributed by atoms with Crippen molar-refractivity contribution in [3.63, 3.8) is 0 Å². The van der Waals surface area contributed by atoms with Gasteiger partial charge in [0.15, 0.2) is 11.9 Å². The first-order valence-electron chi connectivity index (χ1n) is 7.96. The summed E-state index contributed by atoms with van der Waals surface area (Å²) in [5, 5.41) is 6.20. The SMILES string of the molecule is Cc1ccc(C(=O)[C@H](C)OC(=O)CSCC(=O)Nc2cc(C)on2)cc1. The molecule has 1 atom stereocenters. The van der Waals surface area contributed by atoms with E-state index in [-0.39, 0.29) is 23.2 Å². The molecule has 2 rings (SSSR count). The van der Waals surface area contributed by atoms with Crippen molar-refractivity contribution in [1.29, 1.82) is 0 Å². The predicted molar refractivity (Wildman–Crippen MR) is 98.3 cm³/mol. The summed E-state index contributed by atoms with van der Waals surface area (Å²) < 4.78 is 9.97. The van der Waals surface area contributed by atoms with E-state index in [1.807, 2.05) is 19.1 Å². The molecule has 7 nitrogen and oxygen atoms in total. The first kappa shape index (κ1) is 19.7. The number of amides is 1. The molecule has 1 heterocycles. The molecular formula is C18H20N2O5S. The Morgan fingerprint density at radius 3 is 2.50 bits per heavy atom. The standard InChI is InChI=1S/C18H20N2O5S/c1-11-4-6-14(7-5-11)18(23)13(3)24-17(22)10-26-9-16(21)19-15-8-12(2)25-20-15/h4-8,13H,9-10H2,1-3H3,(H,19,20,21)/t13-/m0/s1. The number of Topliss-reactive ketones (excluding diaryl/α,β-unsaturated/α-hetero) is 1. The average molecular weight is 376 g/mol. The van der Waals surface area contributed by atoms with E-state index >= 15 is 0 Å². The van der Waals surface area contributed by atoms with Crippen molar-refractivity contribution in [2.75, 3.05) is 16.8 Å². The second-order valence-corrected chi connectivity index (χ2v) is 6.71. The Labute approximate surface area is 155 Å². The number of carbonyl (C=O) groups is 3. The van der Waals surface area contributed by atoms with E-state index in [0.717, 1.165) is 17.3 Å². The summed E-state index contributed by atoms with van der Waals surface area (Å²) in [6, 6.07) is 8.65. The van der Waals surface area contributed by atoms with Crippen LogP contribution in [-0.4, -0.2) is 40.4 Å². The lowest BCUT2D eigenvalue weighted by atomic mass is 10.1. The molecule has 1 amide bonds. The molecule has 26 heavy (non-hydrogen) atoms. The number of hydrogen-bond acceptors (Lipinski definition) is 7. The zero-order valence-corrected chi connectivity index (χ0v) is 15.6. The highest BCUT2D eigenvalue weighted by Gasteiger charge is 2.19. The smallest absolute Gasteiger partial charge is 0.316 e. The maximum absolute atomic E-state index is 12.2. The Hall–Kier alpha value is -2.61. The van der Waals surface area contributed by atoms with Gasteiger partial charge < -0.3 is 14.6 Å². The lowest BCUT2D eigenvalue weighted by Gasteiger charge is -2.12. The van der Waals surface area contributed by atoms with E-state index in [1.165, 1.54) is 6.92 Å².